The summed E-state index contributed by atoms with van der Waals surface area (Å²) in [5.41, 5.74) is 3.39. The molecule has 4 N–H and O–H groups in total. The van der Waals surface area contributed by atoms with Gasteiger partial charge >= 0.3 is 17.9 Å². The van der Waals surface area contributed by atoms with E-state index in [2.05, 4.69) is 19.2 Å². The van der Waals surface area contributed by atoms with Crippen molar-refractivity contribution in [2.24, 2.45) is 34.5 Å². The number of Topliss-reactive ketones (excluding diaryl/α,β-unsaturated/α-hetero) is 1. The Kier molecular flexibility index (Phi) is 9.32. The van der Waals surface area contributed by atoms with E-state index in [4.69, 9.17) is 19.9 Å². The molecule has 0 radical (unpaired) electrons. The first-order chi connectivity index (χ1) is 24.5. The molecule has 11 heteroatoms. The summed E-state index contributed by atoms with van der Waals surface area (Å²) in [6, 6.07) is 12.7. The monoisotopic (exact) mass is 710 g/mol. The molecule has 2 bridgehead atoms. The van der Waals surface area contributed by atoms with Crippen molar-refractivity contribution < 1.29 is 43.3 Å². The summed E-state index contributed by atoms with van der Waals surface area (Å²) in [4.78, 5) is 68.3. The van der Waals surface area contributed by atoms with Gasteiger partial charge in [-0.25, -0.2) is 9.59 Å². The number of hydrogen-bond donors (Lipinski definition) is 3. The smallest absolute Gasteiger partial charge is 0.340 e. The molecule has 6 rings (SSSR count). The predicted octanol–water partition coefficient (Wildman–Crippen LogP) is 5.60. The van der Waals surface area contributed by atoms with E-state index in [-0.39, 0.29) is 57.7 Å². The van der Waals surface area contributed by atoms with Gasteiger partial charge in [0.05, 0.1) is 22.2 Å². The van der Waals surface area contributed by atoms with Crippen molar-refractivity contribution >= 4 is 41.0 Å². The van der Waals surface area contributed by atoms with E-state index in [0.717, 1.165) is 0 Å². The molecule has 0 heterocycles. The van der Waals surface area contributed by atoms with Crippen LogP contribution in [0.5, 0.6) is 0 Å². The van der Waals surface area contributed by atoms with E-state index in [1.165, 1.54) is 19.1 Å². The molecule has 2 aromatic carbocycles. The summed E-state index contributed by atoms with van der Waals surface area (Å²) in [5.74, 6) is -4.17. The second-order valence-electron chi connectivity index (χ2n) is 15.2. The Morgan fingerprint density at radius 1 is 1.00 bits per heavy atom. The first-order valence-electron chi connectivity index (χ1n) is 17.6. The van der Waals surface area contributed by atoms with Crippen molar-refractivity contribution in [3.63, 3.8) is 0 Å². The maximum atomic E-state index is 15.1. The number of hydrogen-bond acceptors (Lipinski definition) is 10. The van der Waals surface area contributed by atoms with E-state index < -0.39 is 58.9 Å². The Morgan fingerprint density at radius 3 is 2.31 bits per heavy atom. The van der Waals surface area contributed by atoms with Crippen molar-refractivity contribution in [2.45, 2.75) is 72.7 Å². The lowest BCUT2D eigenvalue weighted by Crippen LogP contribution is -2.66. The van der Waals surface area contributed by atoms with E-state index in [0.29, 0.717) is 17.6 Å². The Bertz CT molecular complexity index is 1960. The van der Waals surface area contributed by atoms with Crippen LogP contribution in [0.15, 0.2) is 83.5 Å². The topological polar surface area (TPSA) is 171 Å². The number of ether oxygens (including phenoxy) is 3. The number of benzene rings is 2. The van der Waals surface area contributed by atoms with Crippen molar-refractivity contribution in [1.82, 2.24) is 0 Å². The fraction of sp³-hybridized carbons (Fsp3) is 0.439. The second-order valence-corrected chi connectivity index (χ2v) is 15.2. The minimum Gasteiger partial charge on any atom is -0.458 e. The molecular formula is C41H46N2O9. The number of nitrogen functional groups attached to an aromatic ring is 1. The standard InChI is InChI=1S/C41H46N2O9/c1-8-21(2)37(47)50-20-25-18-28-32-29(39(32,6)7)17-23(4)40(33(28)45)19-22(3)34(41(40,49)35(25)51-24(5)44)52-38(48)27-14-10-12-16-31(27)43-36(46)26-13-9-11-15-30(26)42/h8-16,18-19,23,28-29,32,34-35,49H,17,20,42H2,1-7H3,(H,43,46). The van der Waals surface area contributed by atoms with Crippen LogP contribution in [0.4, 0.5) is 11.4 Å². The third-order valence-corrected chi connectivity index (χ3v) is 11.9. The SMILES string of the molecule is CC=C(C)C(=O)OCC1=CC2C(=O)C3(C=C(C)C(OC(=O)c4ccccc4NC(=O)c4ccccc4N)C3(O)C1OC(C)=O)C(C)CC1C2C1(C)C. The highest BCUT2D eigenvalue weighted by molar-refractivity contribution is 6.10. The van der Waals surface area contributed by atoms with Crippen molar-refractivity contribution in [3.8, 4) is 0 Å². The van der Waals surface area contributed by atoms with E-state index >= 15 is 4.79 Å². The fourth-order valence-electron chi connectivity index (χ4n) is 9.11. The van der Waals surface area contributed by atoms with E-state index in [9.17, 15) is 24.3 Å². The zero-order valence-corrected chi connectivity index (χ0v) is 30.5. The van der Waals surface area contributed by atoms with Crippen LogP contribution >= 0.6 is 0 Å². The molecule has 2 aromatic rings. The van der Waals surface area contributed by atoms with Gasteiger partial charge < -0.3 is 30.4 Å². The number of amides is 1. The van der Waals surface area contributed by atoms with Crippen LogP contribution in [0.1, 0.15) is 75.6 Å². The summed E-state index contributed by atoms with van der Waals surface area (Å²) in [7, 11) is 0. The molecule has 0 aliphatic heterocycles. The third-order valence-electron chi connectivity index (χ3n) is 11.9. The molecule has 1 spiro atoms. The maximum Gasteiger partial charge on any atom is 0.340 e. The number of nitrogens with two attached hydrogens (primary N) is 1. The van der Waals surface area contributed by atoms with Crippen molar-refractivity contribution in [1.29, 1.82) is 0 Å². The average Bonchev–Trinajstić information content (AvgIpc) is 3.59. The van der Waals surface area contributed by atoms with Gasteiger partial charge in [0.15, 0.2) is 23.6 Å². The summed E-state index contributed by atoms with van der Waals surface area (Å²) in [6.07, 6.45) is 2.57. The molecule has 274 valence electrons. The first-order valence-corrected chi connectivity index (χ1v) is 17.6. The van der Waals surface area contributed by atoms with Crippen LogP contribution < -0.4 is 11.1 Å². The number of ketones is 1. The summed E-state index contributed by atoms with van der Waals surface area (Å²) in [6.45, 7) is 11.9. The molecule has 11 nitrogen and oxygen atoms in total. The second kappa shape index (κ2) is 13.2. The fourth-order valence-corrected chi connectivity index (χ4v) is 9.11. The minimum atomic E-state index is -2.34. The quantitative estimate of drug-likeness (QED) is 0.103. The highest BCUT2D eigenvalue weighted by atomic mass is 16.6. The summed E-state index contributed by atoms with van der Waals surface area (Å²) >= 11 is 0. The van der Waals surface area contributed by atoms with Gasteiger partial charge in [0.25, 0.3) is 5.91 Å². The van der Waals surface area contributed by atoms with Crippen LogP contribution in [0.2, 0.25) is 0 Å². The number of fused-ring (bicyclic) bond motifs is 3. The Hall–Kier alpha value is -5.03. The van der Waals surface area contributed by atoms with Gasteiger partial charge in [-0.15, -0.1) is 0 Å². The summed E-state index contributed by atoms with van der Waals surface area (Å²) < 4.78 is 17.8. The number of carbonyl (C=O) groups excluding carboxylic acids is 5. The van der Waals surface area contributed by atoms with Crippen LogP contribution in [0, 0.1) is 34.5 Å². The van der Waals surface area contributed by atoms with Crippen LogP contribution in [0.25, 0.3) is 0 Å². The number of aliphatic hydroxyl groups is 1. The number of anilines is 2. The lowest BCUT2D eigenvalue weighted by atomic mass is 9.59. The third kappa shape index (κ3) is 5.66. The van der Waals surface area contributed by atoms with Crippen molar-refractivity contribution in [2.75, 3.05) is 17.7 Å². The first kappa shape index (κ1) is 36.8. The lowest BCUT2D eigenvalue weighted by Gasteiger charge is -2.49. The van der Waals surface area contributed by atoms with Gasteiger partial charge in [0, 0.05) is 29.7 Å². The Labute approximate surface area is 303 Å². The van der Waals surface area contributed by atoms with Gasteiger partial charge in [-0.2, -0.15) is 0 Å². The molecule has 2 saturated carbocycles. The summed E-state index contributed by atoms with van der Waals surface area (Å²) in [5, 5.41) is 16.1. The normalized spacial score (nSPS) is 31.4. The maximum absolute atomic E-state index is 15.1. The van der Waals surface area contributed by atoms with Gasteiger partial charge in [-0.3, -0.25) is 14.4 Å². The average molecular weight is 711 g/mol. The van der Waals surface area contributed by atoms with E-state index in [1.54, 1.807) is 75.4 Å². The zero-order valence-electron chi connectivity index (χ0n) is 30.5. The highest BCUT2D eigenvalue weighted by Gasteiger charge is 2.77. The Morgan fingerprint density at radius 2 is 1.65 bits per heavy atom. The molecule has 1 amide bonds. The van der Waals surface area contributed by atoms with E-state index in [1.807, 2.05) is 6.92 Å². The van der Waals surface area contributed by atoms with Gasteiger partial charge in [0.2, 0.25) is 0 Å². The molecule has 8 unspecified atom stereocenters. The molecule has 2 fully saturated rings. The van der Waals surface area contributed by atoms with Crippen molar-refractivity contribution in [3.05, 3.63) is 94.6 Å². The molecule has 8 atom stereocenters. The molecule has 4 aliphatic carbocycles. The number of allylic oxidation sites excluding steroid dienone is 2. The molecular weight excluding hydrogens is 664 g/mol. The largest absolute Gasteiger partial charge is 0.458 e. The molecule has 52 heavy (non-hydrogen) atoms. The number of para-hydroxylation sites is 2. The van der Waals surface area contributed by atoms with Crippen LogP contribution in [0.3, 0.4) is 0 Å². The molecule has 4 aliphatic rings. The Balaban J connectivity index is 1.44. The number of carbonyl (C=O) groups is 5. The lowest BCUT2D eigenvalue weighted by molar-refractivity contribution is -0.203. The number of nitrogens with one attached hydrogen (secondary N) is 1. The van der Waals surface area contributed by atoms with Gasteiger partial charge in [0.1, 0.15) is 6.61 Å². The predicted molar refractivity (Wildman–Crippen MR) is 193 cm³/mol. The zero-order chi connectivity index (χ0) is 37.9. The highest BCUT2D eigenvalue weighted by Crippen LogP contribution is 2.72. The molecule has 0 aromatic heterocycles. The number of rotatable bonds is 8. The number of esters is 3. The van der Waals surface area contributed by atoms with Gasteiger partial charge in [-0.05, 0) is 80.2 Å². The van der Waals surface area contributed by atoms with Crippen LogP contribution in [-0.2, 0) is 28.6 Å². The molecule has 0 saturated heterocycles. The van der Waals surface area contributed by atoms with Crippen LogP contribution in [-0.4, -0.2) is 59.1 Å². The minimum absolute atomic E-state index is 0.0204. The van der Waals surface area contributed by atoms with Gasteiger partial charge in [-0.1, -0.05) is 63.3 Å².